The zero-order chi connectivity index (χ0) is 14.1. The number of rotatable bonds is 2. The summed E-state index contributed by atoms with van der Waals surface area (Å²) in [6, 6.07) is -0.784. The third kappa shape index (κ3) is 2.11. The molecule has 1 amide bonds. The van der Waals surface area contributed by atoms with Gasteiger partial charge in [0.25, 0.3) is 5.91 Å². The van der Waals surface area contributed by atoms with Gasteiger partial charge in [-0.05, 0) is 0 Å². The van der Waals surface area contributed by atoms with Crippen molar-refractivity contribution in [3.05, 3.63) is 30.4 Å². The maximum absolute atomic E-state index is 12.6. The minimum absolute atomic E-state index is 0.305. The van der Waals surface area contributed by atoms with Gasteiger partial charge in [0.15, 0.2) is 0 Å². The molecule has 1 aliphatic heterocycles. The Bertz CT molecular complexity index is 672. The van der Waals surface area contributed by atoms with E-state index >= 15 is 0 Å². The number of carboxylic acid groups (broad SMARTS) is 1. The van der Waals surface area contributed by atoms with Crippen LogP contribution >= 0.6 is 11.8 Å². The third-order valence-electron chi connectivity index (χ3n) is 3.23. The molecule has 1 aliphatic rings. The van der Waals surface area contributed by atoms with Gasteiger partial charge in [-0.1, -0.05) is 0 Å². The number of aromatic nitrogens is 3. The van der Waals surface area contributed by atoms with Crippen LogP contribution in [0.1, 0.15) is 10.4 Å². The van der Waals surface area contributed by atoms with Crippen LogP contribution in [-0.4, -0.2) is 60.6 Å². The van der Waals surface area contributed by atoms with E-state index in [2.05, 4.69) is 10.1 Å². The van der Waals surface area contributed by atoms with Crippen LogP contribution < -0.4 is 0 Å². The van der Waals surface area contributed by atoms with Gasteiger partial charge in [0.2, 0.25) is 0 Å². The second-order valence-electron chi connectivity index (χ2n) is 4.39. The van der Waals surface area contributed by atoms with Crippen molar-refractivity contribution in [2.24, 2.45) is 0 Å². The topological polar surface area (TPSA) is 87.8 Å². The van der Waals surface area contributed by atoms with Crippen LogP contribution in [0.2, 0.25) is 0 Å². The first kappa shape index (κ1) is 12.9. The molecule has 1 saturated heterocycles. The molecular weight excluding hydrogens is 280 g/mol. The predicted molar refractivity (Wildman–Crippen MR) is 72.8 cm³/mol. The van der Waals surface area contributed by atoms with E-state index in [4.69, 9.17) is 0 Å². The SMILES string of the molecule is O=C(O)C1CSCCN1C(=O)c1cnn2ccncc12. The molecule has 0 bridgehead atoms. The maximum atomic E-state index is 12.6. The first-order valence-electron chi connectivity index (χ1n) is 6.07. The molecular formula is C12H12N4O3S. The highest BCUT2D eigenvalue weighted by Gasteiger charge is 2.33. The maximum Gasteiger partial charge on any atom is 0.327 e. The van der Waals surface area contributed by atoms with Gasteiger partial charge in [0.05, 0.1) is 23.5 Å². The van der Waals surface area contributed by atoms with Gasteiger partial charge in [-0.25, -0.2) is 9.31 Å². The van der Waals surface area contributed by atoms with Crippen molar-refractivity contribution in [3.63, 3.8) is 0 Å². The normalized spacial score (nSPS) is 19.2. The van der Waals surface area contributed by atoms with Crippen LogP contribution in [0.3, 0.4) is 0 Å². The Labute approximate surface area is 118 Å². The Balaban J connectivity index is 1.96. The van der Waals surface area contributed by atoms with Crippen molar-refractivity contribution in [2.45, 2.75) is 6.04 Å². The van der Waals surface area contributed by atoms with E-state index in [0.29, 0.717) is 23.4 Å². The van der Waals surface area contributed by atoms with Crippen LogP contribution in [0.5, 0.6) is 0 Å². The van der Waals surface area contributed by atoms with Crippen molar-refractivity contribution in [3.8, 4) is 0 Å². The highest BCUT2D eigenvalue weighted by Crippen LogP contribution is 2.21. The molecule has 0 aromatic carbocycles. The number of carbonyl (C=O) groups excluding carboxylic acids is 1. The third-order valence-corrected chi connectivity index (χ3v) is 4.25. The summed E-state index contributed by atoms with van der Waals surface area (Å²) in [7, 11) is 0. The number of hydrogen-bond acceptors (Lipinski definition) is 5. The van der Waals surface area contributed by atoms with Crippen molar-refractivity contribution < 1.29 is 14.7 Å². The molecule has 0 spiro atoms. The summed E-state index contributed by atoms with van der Waals surface area (Å²) < 4.78 is 1.55. The van der Waals surface area contributed by atoms with E-state index in [1.165, 1.54) is 11.1 Å². The second-order valence-corrected chi connectivity index (χ2v) is 5.54. The van der Waals surface area contributed by atoms with Gasteiger partial charge < -0.3 is 10.0 Å². The summed E-state index contributed by atoms with van der Waals surface area (Å²) in [6.07, 6.45) is 6.23. The van der Waals surface area contributed by atoms with E-state index in [1.807, 2.05) is 0 Å². The fourth-order valence-corrected chi connectivity index (χ4v) is 3.24. The first-order valence-corrected chi connectivity index (χ1v) is 7.23. The summed E-state index contributed by atoms with van der Waals surface area (Å²) in [6.45, 7) is 0.429. The first-order chi connectivity index (χ1) is 9.68. The Hall–Kier alpha value is -2.09. The Kier molecular flexibility index (Phi) is 3.31. The number of thioether (sulfide) groups is 1. The number of aliphatic carboxylic acids is 1. The van der Waals surface area contributed by atoms with Gasteiger partial charge in [-0.3, -0.25) is 9.78 Å². The smallest absolute Gasteiger partial charge is 0.327 e. The summed E-state index contributed by atoms with van der Waals surface area (Å²) in [5.74, 6) is -0.119. The molecule has 104 valence electrons. The lowest BCUT2D eigenvalue weighted by atomic mass is 10.2. The Morgan fingerprint density at radius 3 is 3.05 bits per heavy atom. The molecule has 20 heavy (non-hydrogen) atoms. The van der Waals surface area contributed by atoms with Gasteiger partial charge in [0.1, 0.15) is 6.04 Å². The summed E-state index contributed by atoms with van der Waals surface area (Å²) >= 11 is 1.55. The minimum Gasteiger partial charge on any atom is -0.480 e. The lowest BCUT2D eigenvalue weighted by molar-refractivity contribution is -0.141. The fourth-order valence-electron chi connectivity index (χ4n) is 2.21. The molecule has 0 saturated carbocycles. The Morgan fingerprint density at radius 2 is 2.25 bits per heavy atom. The second kappa shape index (κ2) is 5.12. The molecule has 7 nitrogen and oxygen atoms in total. The molecule has 1 fully saturated rings. The van der Waals surface area contributed by atoms with Crippen LogP contribution in [-0.2, 0) is 4.79 Å². The van der Waals surface area contributed by atoms with Crippen LogP contribution in [0.4, 0.5) is 0 Å². The molecule has 2 aromatic heterocycles. The molecule has 1 atom stereocenters. The average Bonchev–Trinajstić information content (AvgIpc) is 2.90. The zero-order valence-electron chi connectivity index (χ0n) is 10.5. The van der Waals surface area contributed by atoms with Gasteiger partial charge in [-0.15, -0.1) is 0 Å². The molecule has 0 radical (unpaired) electrons. The highest BCUT2D eigenvalue weighted by atomic mass is 32.2. The number of hydrogen-bond donors (Lipinski definition) is 1. The van der Waals surface area contributed by atoms with Crippen molar-refractivity contribution >= 4 is 29.2 Å². The summed E-state index contributed by atoms with van der Waals surface area (Å²) in [4.78, 5) is 29.2. The van der Waals surface area contributed by atoms with Crippen LogP contribution in [0.15, 0.2) is 24.8 Å². The molecule has 0 aliphatic carbocycles. The molecule has 3 heterocycles. The molecule has 1 N–H and O–H groups in total. The van der Waals surface area contributed by atoms with Crippen LogP contribution in [0, 0.1) is 0 Å². The highest BCUT2D eigenvalue weighted by molar-refractivity contribution is 7.99. The van der Waals surface area contributed by atoms with E-state index in [0.717, 1.165) is 5.75 Å². The fraction of sp³-hybridized carbons (Fsp3) is 0.333. The monoisotopic (exact) mass is 292 g/mol. The Morgan fingerprint density at radius 1 is 1.40 bits per heavy atom. The van der Waals surface area contributed by atoms with Crippen molar-refractivity contribution in [2.75, 3.05) is 18.1 Å². The predicted octanol–water partition coefficient (Wildman–Crippen LogP) is 0.371. The molecule has 2 aromatic rings. The average molecular weight is 292 g/mol. The van der Waals surface area contributed by atoms with E-state index in [1.54, 1.807) is 34.9 Å². The van der Waals surface area contributed by atoms with Gasteiger partial charge in [-0.2, -0.15) is 16.9 Å². The standard InChI is InChI=1S/C12H12N4O3S/c17-11(15-3-4-20-7-10(15)12(18)19)8-5-14-16-2-1-13-6-9(8)16/h1-2,5-6,10H,3-4,7H2,(H,18,19). The lowest BCUT2D eigenvalue weighted by Gasteiger charge is -2.32. The number of fused-ring (bicyclic) bond motifs is 1. The summed E-state index contributed by atoms with van der Waals surface area (Å²) in [5.41, 5.74) is 0.969. The number of carboxylic acids is 1. The van der Waals surface area contributed by atoms with Crippen LogP contribution in [0.25, 0.3) is 5.52 Å². The van der Waals surface area contributed by atoms with Crippen molar-refractivity contribution in [1.82, 2.24) is 19.5 Å². The zero-order valence-corrected chi connectivity index (χ0v) is 11.3. The van der Waals surface area contributed by atoms with Gasteiger partial charge >= 0.3 is 5.97 Å². The minimum atomic E-state index is -0.972. The largest absolute Gasteiger partial charge is 0.480 e. The summed E-state index contributed by atoms with van der Waals surface area (Å²) in [5, 5.41) is 13.3. The number of carbonyl (C=O) groups is 2. The van der Waals surface area contributed by atoms with Gasteiger partial charge in [0, 0.05) is 30.4 Å². The molecule has 3 rings (SSSR count). The van der Waals surface area contributed by atoms with E-state index in [-0.39, 0.29) is 5.91 Å². The quantitative estimate of drug-likeness (QED) is 0.860. The van der Waals surface area contributed by atoms with Crippen molar-refractivity contribution in [1.29, 1.82) is 0 Å². The number of amides is 1. The molecule has 8 heteroatoms. The van der Waals surface area contributed by atoms with E-state index < -0.39 is 12.0 Å². The molecule has 1 unspecified atom stereocenters. The lowest BCUT2D eigenvalue weighted by Crippen LogP contribution is -2.50. The van der Waals surface area contributed by atoms with E-state index in [9.17, 15) is 14.7 Å². The number of nitrogens with zero attached hydrogens (tertiary/aromatic N) is 4.